The van der Waals surface area contributed by atoms with Gasteiger partial charge in [-0.05, 0) is 52.4 Å². The summed E-state index contributed by atoms with van der Waals surface area (Å²) in [7, 11) is 0. The lowest BCUT2D eigenvalue weighted by Gasteiger charge is -2.36. The molecular weight excluding hydrogens is 288 g/mol. The summed E-state index contributed by atoms with van der Waals surface area (Å²) in [6.45, 7) is 17.2. The second-order valence-electron chi connectivity index (χ2n) is 7.04. The minimum atomic E-state index is 0.0508. The summed E-state index contributed by atoms with van der Waals surface area (Å²) in [6, 6.07) is 0. The Morgan fingerprint density at radius 3 is 2.33 bits per heavy atom. The third-order valence-corrected chi connectivity index (χ3v) is 4.36. The summed E-state index contributed by atoms with van der Waals surface area (Å²) in [4.78, 5) is 0. The van der Waals surface area contributed by atoms with Gasteiger partial charge < -0.3 is 0 Å². The molecule has 0 spiro atoms. The zero-order chi connectivity index (χ0) is 18.4. The molecule has 0 aliphatic rings. The van der Waals surface area contributed by atoms with Crippen LogP contribution in [0.25, 0.3) is 0 Å². The van der Waals surface area contributed by atoms with Crippen molar-refractivity contribution in [3.05, 3.63) is 66.7 Å². The predicted molar refractivity (Wildman–Crippen MR) is 112 cm³/mol. The Labute approximate surface area is 152 Å². The van der Waals surface area contributed by atoms with Gasteiger partial charge in [0.2, 0.25) is 0 Å². The highest BCUT2D eigenvalue weighted by Gasteiger charge is 2.33. The summed E-state index contributed by atoms with van der Waals surface area (Å²) >= 11 is 0. The van der Waals surface area contributed by atoms with E-state index in [0.29, 0.717) is 5.92 Å². The van der Waals surface area contributed by atoms with Crippen molar-refractivity contribution in [3.63, 3.8) is 0 Å². The molecule has 1 unspecified atom stereocenters. The molecule has 0 N–H and O–H groups in total. The van der Waals surface area contributed by atoms with Crippen LogP contribution in [0.1, 0.15) is 73.6 Å². The zero-order valence-corrected chi connectivity index (χ0v) is 16.9. The highest BCUT2D eigenvalue weighted by molar-refractivity contribution is 5.36. The van der Waals surface area contributed by atoms with E-state index >= 15 is 0 Å². The van der Waals surface area contributed by atoms with Crippen LogP contribution in [0.15, 0.2) is 60.8 Å². The Hall–Kier alpha value is -1.30. The van der Waals surface area contributed by atoms with Crippen LogP contribution in [0.5, 0.6) is 0 Å². The first-order valence-corrected chi connectivity index (χ1v) is 9.54. The van der Waals surface area contributed by atoms with Crippen molar-refractivity contribution >= 4 is 0 Å². The Balaban J connectivity index is 5.91. The molecule has 0 aromatic rings. The van der Waals surface area contributed by atoms with Crippen molar-refractivity contribution < 1.29 is 0 Å². The smallest absolute Gasteiger partial charge is 0.0290 e. The monoisotopic (exact) mass is 327 g/mol. The van der Waals surface area contributed by atoms with E-state index in [1.807, 2.05) is 6.08 Å². The minimum Gasteiger partial charge on any atom is -0.103 e. The molecule has 0 aliphatic heterocycles. The van der Waals surface area contributed by atoms with E-state index in [0.717, 1.165) is 25.7 Å². The lowest BCUT2D eigenvalue weighted by atomic mass is 9.67. The van der Waals surface area contributed by atoms with Gasteiger partial charge in [-0.1, -0.05) is 81.4 Å². The Morgan fingerprint density at radius 2 is 1.83 bits per heavy atom. The van der Waals surface area contributed by atoms with Crippen LogP contribution in [-0.2, 0) is 0 Å². The number of hydrogen-bond acceptors (Lipinski definition) is 0. The summed E-state index contributed by atoms with van der Waals surface area (Å²) in [5.41, 5.74) is 1.49. The maximum absolute atomic E-state index is 3.95. The molecule has 1 radical (unpaired) electrons. The average molecular weight is 328 g/mol. The van der Waals surface area contributed by atoms with Crippen molar-refractivity contribution in [1.29, 1.82) is 0 Å². The SMILES string of the molecule is C=CCCC(C=CC)(CC(C)=CC)[C](C=CCCC)C=CC(C)C. The standard InChI is InChI=1S/C24H39/c1-8-12-14-15-23(17-16-21(5)6)24(18-10-3,19-13-9-2)20-22(7)11-4/h9-11,14-18,21H,2,8,12-13,19-20H2,1,3-7H3. The fraction of sp³-hybridized carbons (Fsp3) is 0.542. The van der Waals surface area contributed by atoms with Crippen LogP contribution in [0, 0.1) is 17.3 Å². The second kappa shape index (κ2) is 13.0. The predicted octanol–water partition coefficient (Wildman–Crippen LogP) is 8.01. The van der Waals surface area contributed by atoms with Gasteiger partial charge in [-0.2, -0.15) is 0 Å². The molecule has 0 amide bonds. The lowest BCUT2D eigenvalue weighted by molar-refractivity contribution is 0.395. The Kier molecular flexibility index (Phi) is 12.3. The highest BCUT2D eigenvalue weighted by Crippen LogP contribution is 2.44. The highest BCUT2D eigenvalue weighted by atomic mass is 14.4. The average Bonchev–Trinajstić information content (AvgIpc) is 2.55. The minimum absolute atomic E-state index is 0.0508. The van der Waals surface area contributed by atoms with E-state index in [1.54, 1.807) is 0 Å². The Morgan fingerprint density at radius 1 is 1.12 bits per heavy atom. The van der Waals surface area contributed by atoms with E-state index in [2.05, 4.69) is 90.7 Å². The van der Waals surface area contributed by atoms with Crippen molar-refractivity contribution in [2.75, 3.05) is 0 Å². The Bertz CT molecular complexity index is 445. The van der Waals surface area contributed by atoms with Crippen molar-refractivity contribution in [2.45, 2.75) is 73.6 Å². The first-order valence-electron chi connectivity index (χ1n) is 9.54. The summed E-state index contributed by atoms with van der Waals surface area (Å²) in [5, 5.41) is 0. The normalized spacial score (nSPS) is 16.1. The van der Waals surface area contributed by atoms with Gasteiger partial charge in [0, 0.05) is 11.3 Å². The van der Waals surface area contributed by atoms with Crippen molar-refractivity contribution in [1.82, 2.24) is 0 Å². The van der Waals surface area contributed by atoms with Crippen LogP contribution in [-0.4, -0.2) is 0 Å². The maximum atomic E-state index is 3.95. The quantitative estimate of drug-likeness (QED) is 0.318. The molecule has 0 heterocycles. The van der Waals surface area contributed by atoms with E-state index < -0.39 is 0 Å². The lowest BCUT2D eigenvalue weighted by Crippen LogP contribution is -2.25. The van der Waals surface area contributed by atoms with Gasteiger partial charge in [-0.15, -0.1) is 6.58 Å². The van der Waals surface area contributed by atoms with Crippen LogP contribution in [0.4, 0.5) is 0 Å². The molecular formula is C24H39. The van der Waals surface area contributed by atoms with Crippen LogP contribution in [0.2, 0.25) is 0 Å². The van der Waals surface area contributed by atoms with E-state index in [9.17, 15) is 0 Å². The topological polar surface area (TPSA) is 0 Å². The second-order valence-corrected chi connectivity index (χ2v) is 7.04. The molecule has 1 atom stereocenters. The van der Waals surface area contributed by atoms with Gasteiger partial charge in [0.25, 0.3) is 0 Å². The molecule has 0 aromatic heterocycles. The number of rotatable bonds is 12. The molecule has 24 heavy (non-hydrogen) atoms. The largest absolute Gasteiger partial charge is 0.103 e. The fourth-order valence-corrected chi connectivity index (χ4v) is 2.91. The number of unbranched alkanes of at least 4 members (excludes halogenated alkanes) is 1. The van der Waals surface area contributed by atoms with Gasteiger partial charge in [-0.25, -0.2) is 0 Å². The zero-order valence-electron chi connectivity index (χ0n) is 16.9. The third-order valence-electron chi connectivity index (χ3n) is 4.36. The molecule has 0 saturated carbocycles. The van der Waals surface area contributed by atoms with E-state index in [1.165, 1.54) is 17.9 Å². The van der Waals surface area contributed by atoms with Crippen LogP contribution >= 0.6 is 0 Å². The number of allylic oxidation sites excluding steroid dienone is 9. The summed E-state index contributed by atoms with van der Waals surface area (Å²) in [5.74, 6) is 1.98. The molecule has 0 aromatic carbocycles. The molecule has 0 bridgehead atoms. The molecule has 135 valence electrons. The summed E-state index contributed by atoms with van der Waals surface area (Å²) < 4.78 is 0. The van der Waals surface area contributed by atoms with Crippen LogP contribution < -0.4 is 0 Å². The van der Waals surface area contributed by atoms with Gasteiger partial charge in [0.05, 0.1) is 0 Å². The van der Waals surface area contributed by atoms with Gasteiger partial charge in [-0.3, -0.25) is 0 Å². The van der Waals surface area contributed by atoms with Crippen LogP contribution in [0.3, 0.4) is 0 Å². The van der Waals surface area contributed by atoms with E-state index in [4.69, 9.17) is 0 Å². The summed E-state index contributed by atoms with van der Waals surface area (Å²) in [6.07, 6.45) is 23.8. The fourth-order valence-electron chi connectivity index (χ4n) is 2.91. The van der Waals surface area contributed by atoms with Gasteiger partial charge in [0.1, 0.15) is 0 Å². The molecule has 0 fully saturated rings. The molecule has 0 aliphatic carbocycles. The molecule has 0 saturated heterocycles. The molecule has 0 rings (SSSR count). The molecule has 0 nitrogen and oxygen atoms in total. The first-order chi connectivity index (χ1) is 11.5. The van der Waals surface area contributed by atoms with Gasteiger partial charge in [0.15, 0.2) is 0 Å². The molecule has 0 heteroatoms. The third kappa shape index (κ3) is 8.52. The first kappa shape index (κ1) is 22.7. The number of hydrogen-bond donors (Lipinski definition) is 0. The van der Waals surface area contributed by atoms with E-state index in [-0.39, 0.29) is 5.41 Å². The van der Waals surface area contributed by atoms with Crippen molar-refractivity contribution in [3.8, 4) is 0 Å². The van der Waals surface area contributed by atoms with Crippen molar-refractivity contribution in [2.24, 2.45) is 11.3 Å². The maximum Gasteiger partial charge on any atom is 0.0290 e. The van der Waals surface area contributed by atoms with Gasteiger partial charge >= 0.3 is 0 Å².